The van der Waals surface area contributed by atoms with Crippen LogP contribution >= 0.6 is 0 Å². The number of nitrogens with one attached hydrogen (secondary N) is 1. The molecule has 0 spiro atoms. The Kier molecular flexibility index (Phi) is 7.90. The highest BCUT2D eigenvalue weighted by molar-refractivity contribution is 6.74. The van der Waals surface area contributed by atoms with Gasteiger partial charge in [-0.3, -0.25) is 0 Å². The predicted octanol–water partition coefficient (Wildman–Crippen LogP) is 14.0. The lowest BCUT2D eigenvalue weighted by Gasteiger charge is -2.37. The standard InChI is InChI=1S/C56H35BN2O4/c1-2-12-34(13-3-1)35-22-24-39(25-23-35)58-44-29-37-15-5-4-14-36(37)28-42(44)55-41-17-7-6-16-38(41)30-46-56(55)57-43-32-53-54(63-50-21-11-10-20-49(50)62-53)33-45(43)59(46)40-26-27-51-52(31-40)61-48-19-9-8-18-47(48)60-51/h1-33,57-58H. The van der Waals surface area contributed by atoms with E-state index in [0.717, 1.165) is 55.6 Å². The monoisotopic (exact) mass is 810 g/mol. The third-order valence-corrected chi connectivity index (χ3v) is 12.3. The Morgan fingerprint density at radius 1 is 0.397 bits per heavy atom. The lowest BCUT2D eigenvalue weighted by atomic mass is 9.57. The average Bonchev–Trinajstić information content (AvgIpc) is 3.33. The van der Waals surface area contributed by atoms with E-state index >= 15 is 0 Å². The average molecular weight is 811 g/mol. The Balaban J connectivity index is 1.02. The van der Waals surface area contributed by atoms with Gasteiger partial charge in [0.2, 0.25) is 0 Å². The first-order chi connectivity index (χ1) is 31.2. The third-order valence-electron chi connectivity index (χ3n) is 12.3. The zero-order valence-corrected chi connectivity index (χ0v) is 33.8. The zero-order chi connectivity index (χ0) is 41.4. The van der Waals surface area contributed by atoms with Gasteiger partial charge in [0.05, 0.1) is 5.69 Å². The molecular formula is C56H35BN2O4. The van der Waals surface area contributed by atoms with Gasteiger partial charge in [-0.1, -0.05) is 121 Å². The highest BCUT2D eigenvalue weighted by Crippen LogP contribution is 2.52. The molecule has 0 saturated heterocycles. The fourth-order valence-electron chi connectivity index (χ4n) is 9.35. The van der Waals surface area contributed by atoms with Crippen LogP contribution in [0.2, 0.25) is 0 Å². The van der Waals surface area contributed by atoms with Gasteiger partial charge in [-0.25, -0.2) is 0 Å². The first kappa shape index (κ1) is 35.4. The Morgan fingerprint density at radius 2 is 0.952 bits per heavy atom. The molecule has 296 valence electrons. The number of nitrogens with zero attached hydrogens (tertiary/aromatic N) is 1. The molecule has 10 aromatic carbocycles. The molecule has 0 aromatic heterocycles. The first-order valence-corrected chi connectivity index (χ1v) is 21.2. The van der Waals surface area contributed by atoms with Gasteiger partial charge in [0.25, 0.3) is 0 Å². The van der Waals surface area contributed by atoms with Gasteiger partial charge in [-0.05, 0) is 116 Å². The van der Waals surface area contributed by atoms with E-state index in [1.807, 2.05) is 54.6 Å². The molecule has 0 atom stereocenters. The summed E-state index contributed by atoms with van der Waals surface area (Å²) in [6.07, 6.45) is 0. The van der Waals surface area contributed by atoms with Gasteiger partial charge in [0.1, 0.15) is 0 Å². The molecule has 0 aliphatic carbocycles. The van der Waals surface area contributed by atoms with Crippen molar-refractivity contribution in [3.63, 3.8) is 0 Å². The van der Waals surface area contributed by atoms with E-state index in [4.69, 9.17) is 18.9 Å². The highest BCUT2D eigenvalue weighted by Gasteiger charge is 2.33. The van der Waals surface area contributed by atoms with Crippen molar-refractivity contribution in [1.82, 2.24) is 0 Å². The second-order valence-corrected chi connectivity index (χ2v) is 16.2. The molecule has 0 fully saturated rings. The summed E-state index contributed by atoms with van der Waals surface area (Å²) in [5.41, 5.74) is 12.0. The van der Waals surface area contributed by atoms with E-state index < -0.39 is 0 Å². The molecule has 3 aliphatic heterocycles. The lowest BCUT2D eigenvalue weighted by molar-refractivity contribution is 0.359. The predicted molar refractivity (Wildman–Crippen MR) is 256 cm³/mol. The maximum absolute atomic E-state index is 6.55. The van der Waals surface area contributed by atoms with Crippen LogP contribution in [0.25, 0.3) is 43.8 Å². The van der Waals surface area contributed by atoms with Crippen molar-refractivity contribution in [2.45, 2.75) is 0 Å². The summed E-state index contributed by atoms with van der Waals surface area (Å²) in [6, 6.07) is 69.5. The maximum atomic E-state index is 6.55. The van der Waals surface area contributed by atoms with Crippen molar-refractivity contribution in [1.29, 1.82) is 0 Å². The van der Waals surface area contributed by atoms with Gasteiger partial charge in [0, 0.05) is 40.4 Å². The van der Waals surface area contributed by atoms with Crippen molar-refractivity contribution in [2.24, 2.45) is 0 Å². The fourth-order valence-corrected chi connectivity index (χ4v) is 9.35. The third kappa shape index (κ3) is 5.97. The molecule has 7 heteroatoms. The minimum absolute atomic E-state index is 0.645. The Bertz CT molecular complexity index is 3480. The van der Waals surface area contributed by atoms with Gasteiger partial charge in [-0.15, -0.1) is 0 Å². The smallest absolute Gasteiger partial charge is 0.198 e. The van der Waals surface area contributed by atoms with Crippen molar-refractivity contribution in [3.8, 4) is 68.2 Å². The normalized spacial score (nSPS) is 12.7. The minimum Gasteiger partial charge on any atom is -0.450 e. The quantitative estimate of drug-likeness (QED) is 0.175. The molecule has 0 radical (unpaired) electrons. The number of ether oxygens (including phenoxy) is 4. The Morgan fingerprint density at radius 3 is 1.67 bits per heavy atom. The molecule has 0 saturated carbocycles. The SMILES string of the molecule is B1c2cc3c(cc2N(c2ccc4c(c2)Oc2ccccc2O4)c2cc4ccccc4c(-c4cc5ccccc5cc4Nc4ccc(-c5ccccc5)cc4)c21)Oc1ccccc1O3. The van der Waals surface area contributed by atoms with Crippen molar-refractivity contribution < 1.29 is 18.9 Å². The number of rotatable bonds is 5. The van der Waals surface area contributed by atoms with Crippen molar-refractivity contribution >= 4 is 68.2 Å². The van der Waals surface area contributed by atoms with Crippen LogP contribution < -0.4 is 40.1 Å². The second-order valence-electron chi connectivity index (χ2n) is 16.2. The fraction of sp³-hybridized carbons (Fsp3) is 0. The van der Waals surface area contributed by atoms with E-state index in [-0.39, 0.29) is 0 Å². The molecular weight excluding hydrogens is 775 g/mol. The lowest BCUT2D eigenvalue weighted by Crippen LogP contribution is -2.41. The molecule has 6 nitrogen and oxygen atoms in total. The van der Waals surface area contributed by atoms with Gasteiger partial charge < -0.3 is 29.2 Å². The number of anilines is 5. The number of fused-ring (bicyclic) bond motifs is 8. The van der Waals surface area contributed by atoms with Crippen LogP contribution in [0.5, 0.6) is 46.0 Å². The second kappa shape index (κ2) is 14.1. The molecule has 0 amide bonds. The molecule has 3 aliphatic rings. The molecule has 3 heterocycles. The maximum Gasteiger partial charge on any atom is 0.198 e. The van der Waals surface area contributed by atoms with E-state index in [2.05, 4.69) is 156 Å². The number of para-hydroxylation sites is 4. The Hall–Kier alpha value is -8.42. The molecule has 1 N–H and O–H groups in total. The van der Waals surface area contributed by atoms with Crippen LogP contribution in [0.4, 0.5) is 28.4 Å². The van der Waals surface area contributed by atoms with Crippen LogP contribution in [0, 0.1) is 0 Å². The van der Waals surface area contributed by atoms with Gasteiger partial charge in [-0.2, -0.15) is 0 Å². The summed E-state index contributed by atoms with van der Waals surface area (Å²) in [4.78, 5) is 2.34. The summed E-state index contributed by atoms with van der Waals surface area (Å²) in [5.74, 6) is 5.41. The molecule has 63 heavy (non-hydrogen) atoms. The van der Waals surface area contributed by atoms with Gasteiger partial charge in [0.15, 0.2) is 53.3 Å². The number of hydrogen-bond donors (Lipinski definition) is 1. The van der Waals surface area contributed by atoms with Crippen LogP contribution in [-0.2, 0) is 0 Å². The van der Waals surface area contributed by atoms with Crippen LogP contribution in [-0.4, -0.2) is 7.28 Å². The largest absolute Gasteiger partial charge is 0.450 e. The summed E-state index contributed by atoms with van der Waals surface area (Å²) in [6.45, 7) is 0. The summed E-state index contributed by atoms with van der Waals surface area (Å²) in [5, 5.41) is 8.51. The minimum atomic E-state index is 0.645. The summed E-state index contributed by atoms with van der Waals surface area (Å²) >= 11 is 0. The van der Waals surface area contributed by atoms with Gasteiger partial charge >= 0.3 is 0 Å². The van der Waals surface area contributed by atoms with Crippen molar-refractivity contribution in [3.05, 3.63) is 200 Å². The van der Waals surface area contributed by atoms with Crippen molar-refractivity contribution in [2.75, 3.05) is 10.2 Å². The highest BCUT2D eigenvalue weighted by atomic mass is 16.6. The first-order valence-electron chi connectivity index (χ1n) is 21.2. The topological polar surface area (TPSA) is 52.2 Å². The van der Waals surface area contributed by atoms with E-state index in [1.54, 1.807) is 0 Å². The zero-order valence-electron chi connectivity index (χ0n) is 33.8. The molecule has 10 aromatic rings. The molecule has 0 unspecified atom stereocenters. The van der Waals surface area contributed by atoms with E-state index in [1.165, 1.54) is 27.5 Å². The number of hydrogen-bond acceptors (Lipinski definition) is 6. The number of benzene rings is 10. The molecule has 0 bridgehead atoms. The summed E-state index contributed by atoms with van der Waals surface area (Å²) in [7, 11) is 0.648. The van der Waals surface area contributed by atoms with Crippen LogP contribution in [0.15, 0.2) is 200 Å². The summed E-state index contributed by atoms with van der Waals surface area (Å²) < 4.78 is 26.0. The Labute approximate surface area is 364 Å². The van der Waals surface area contributed by atoms with Crippen LogP contribution in [0.1, 0.15) is 0 Å². The van der Waals surface area contributed by atoms with E-state index in [9.17, 15) is 0 Å². The molecule has 13 rings (SSSR count). The van der Waals surface area contributed by atoms with Crippen LogP contribution in [0.3, 0.4) is 0 Å². The van der Waals surface area contributed by atoms with E-state index in [0.29, 0.717) is 53.3 Å².